The third-order valence-corrected chi connectivity index (χ3v) is 4.76. The predicted molar refractivity (Wildman–Crippen MR) is 91.4 cm³/mol. The van der Waals surface area contributed by atoms with Crippen LogP contribution < -0.4 is 21.1 Å². The van der Waals surface area contributed by atoms with E-state index in [9.17, 15) is 9.59 Å². The van der Waals surface area contributed by atoms with Gasteiger partial charge in [0.05, 0.1) is 13.2 Å². The fraction of sp³-hybridized carbons (Fsp3) is 0.750. The molecule has 7 nitrogen and oxygen atoms in total. The van der Waals surface area contributed by atoms with Gasteiger partial charge in [0.15, 0.2) is 0 Å². The van der Waals surface area contributed by atoms with Crippen molar-refractivity contribution in [1.29, 1.82) is 0 Å². The molecule has 0 radical (unpaired) electrons. The number of rotatable bonds is 6. The van der Waals surface area contributed by atoms with E-state index < -0.39 is 0 Å². The highest BCUT2D eigenvalue weighted by atomic mass is 16.5. The molecular weight excluding hydrogens is 296 g/mol. The number of hydrogen-bond acceptors (Lipinski definition) is 7. The fourth-order valence-electron chi connectivity index (χ4n) is 3.22. The van der Waals surface area contributed by atoms with Crippen LogP contribution in [0.1, 0.15) is 6.42 Å². The first kappa shape index (κ1) is 16.4. The molecule has 7 heteroatoms. The molecule has 2 saturated heterocycles. The van der Waals surface area contributed by atoms with Crippen LogP contribution in [0.15, 0.2) is 9.59 Å². The molecule has 1 aromatic carbocycles. The summed E-state index contributed by atoms with van der Waals surface area (Å²) in [4.78, 5) is 30.4. The van der Waals surface area contributed by atoms with E-state index in [4.69, 9.17) is 4.74 Å². The summed E-state index contributed by atoms with van der Waals surface area (Å²) in [6.07, 6.45) is 0.959. The van der Waals surface area contributed by atoms with Crippen molar-refractivity contribution in [1.82, 2.24) is 9.80 Å². The maximum Gasteiger partial charge on any atom is 0.253 e. The summed E-state index contributed by atoms with van der Waals surface area (Å²) in [6.45, 7) is 8.76. The normalized spacial score (nSPS) is 21.0. The van der Waals surface area contributed by atoms with E-state index in [-0.39, 0.29) is 10.9 Å². The van der Waals surface area contributed by atoms with Gasteiger partial charge in [0, 0.05) is 45.8 Å². The summed E-state index contributed by atoms with van der Waals surface area (Å²) in [5, 5.41) is 3.19. The van der Waals surface area contributed by atoms with Crippen LogP contribution in [0, 0.1) is 0 Å². The Balaban J connectivity index is 1.49. The smallest absolute Gasteiger partial charge is 0.253 e. The number of ether oxygens (including phenoxy) is 1. The van der Waals surface area contributed by atoms with Crippen molar-refractivity contribution in [3.63, 3.8) is 0 Å². The molecule has 2 fully saturated rings. The van der Waals surface area contributed by atoms with Crippen LogP contribution in [0.4, 0.5) is 11.4 Å². The van der Waals surface area contributed by atoms with E-state index in [0.29, 0.717) is 11.4 Å². The van der Waals surface area contributed by atoms with Crippen LogP contribution in [0.25, 0.3) is 0 Å². The summed E-state index contributed by atoms with van der Waals surface area (Å²) >= 11 is 0. The highest BCUT2D eigenvalue weighted by Crippen LogP contribution is 2.21. The second-order valence-corrected chi connectivity index (χ2v) is 6.41. The zero-order chi connectivity index (χ0) is 16.2. The van der Waals surface area contributed by atoms with E-state index in [1.807, 2.05) is 4.90 Å². The minimum absolute atomic E-state index is 0.328. The van der Waals surface area contributed by atoms with Gasteiger partial charge in [-0.2, -0.15) is 0 Å². The standard InChI is InChI=1S/C16H26N4O3/c1-18-5-7-20(8-6-18)14-13(15(21)16(14)22)17-3-2-4-19-9-11-23-12-10-19/h17H,2-12H2,1H3. The molecular formula is C16H26N4O3. The Labute approximate surface area is 136 Å². The predicted octanol–water partition coefficient (Wildman–Crippen LogP) is -0.831. The summed E-state index contributed by atoms with van der Waals surface area (Å²) in [5.74, 6) is 0. The minimum Gasteiger partial charge on any atom is -0.380 e. The number of piperazine rings is 1. The molecule has 0 aliphatic carbocycles. The highest BCUT2D eigenvalue weighted by molar-refractivity contribution is 5.75. The van der Waals surface area contributed by atoms with E-state index in [2.05, 4.69) is 22.2 Å². The summed E-state index contributed by atoms with van der Waals surface area (Å²) in [7, 11) is 2.07. The first-order valence-corrected chi connectivity index (χ1v) is 8.47. The zero-order valence-corrected chi connectivity index (χ0v) is 13.8. The van der Waals surface area contributed by atoms with E-state index in [0.717, 1.165) is 72.0 Å². The lowest BCUT2D eigenvalue weighted by Crippen LogP contribution is -2.50. The second-order valence-electron chi connectivity index (χ2n) is 6.41. The Morgan fingerprint density at radius 2 is 1.70 bits per heavy atom. The molecule has 0 spiro atoms. The SMILES string of the molecule is CN1CCN(c2c(NCCCN3CCOCC3)c(=O)c2=O)CC1. The molecule has 2 aliphatic rings. The van der Waals surface area contributed by atoms with Gasteiger partial charge in [-0.1, -0.05) is 0 Å². The molecule has 0 atom stereocenters. The van der Waals surface area contributed by atoms with Crippen LogP contribution in [-0.4, -0.2) is 82.4 Å². The van der Waals surface area contributed by atoms with Gasteiger partial charge in [-0.15, -0.1) is 0 Å². The third kappa shape index (κ3) is 3.73. The molecule has 2 heterocycles. The molecule has 23 heavy (non-hydrogen) atoms. The lowest BCUT2D eigenvalue weighted by molar-refractivity contribution is 0.0378. The molecule has 0 unspecified atom stereocenters. The van der Waals surface area contributed by atoms with E-state index >= 15 is 0 Å². The first-order chi connectivity index (χ1) is 11.2. The summed E-state index contributed by atoms with van der Waals surface area (Å²) in [6, 6.07) is 0. The molecule has 0 saturated carbocycles. The quantitative estimate of drug-likeness (QED) is 0.542. The lowest BCUT2D eigenvalue weighted by atomic mass is 10.1. The van der Waals surface area contributed by atoms with Gasteiger partial charge in [-0.3, -0.25) is 14.5 Å². The lowest BCUT2D eigenvalue weighted by Gasteiger charge is -2.35. The Hall–Kier alpha value is -1.44. The van der Waals surface area contributed by atoms with Crippen molar-refractivity contribution >= 4 is 11.4 Å². The van der Waals surface area contributed by atoms with Crippen LogP contribution in [0.3, 0.4) is 0 Å². The van der Waals surface area contributed by atoms with Gasteiger partial charge in [0.25, 0.3) is 10.9 Å². The van der Waals surface area contributed by atoms with Crippen molar-refractivity contribution in [2.75, 3.05) is 82.8 Å². The molecule has 1 N–H and O–H groups in total. The van der Waals surface area contributed by atoms with E-state index in [1.54, 1.807) is 0 Å². The zero-order valence-electron chi connectivity index (χ0n) is 13.8. The van der Waals surface area contributed by atoms with Gasteiger partial charge < -0.3 is 19.9 Å². The van der Waals surface area contributed by atoms with E-state index in [1.165, 1.54) is 0 Å². The number of nitrogens with one attached hydrogen (secondary N) is 1. The van der Waals surface area contributed by atoms with Gasteiger partial charge in [0.1, 0.15) is 11.4 Å². The maximum atomic E-state index is 11.9. The molecule has 0 bridgehead atoms. The van der Waals surface area contributed by atoms with Gasteiger partial charge in [-0.25, -0.2) is 0 Å². The van der Waals surface area contributed by atoms with Crippen LogP contribution >= 0.6 is 0 Å². The van der Waals surface area contributed by atoms with Crippen molar-refractivity contribution in [2.45, 2.75) is 6.42 Å². The second kappa shape index (κ2) is 7.42. The average Bonchev–Trinajstić information content (AvgIpc) is 2.59. The van der Waals surface area contributed by atoms with Gasteiger partial charge in [0.2, 0.25) is 0 Å². The highest BCUT2D eigenvalue weighted by Gasteiger charge is 2.27. The minimum atomic E-state index is -0.356. The first-order valence-electron chi connectivity index (χ1n) is 8.47. The number of nitrogens with zero attached hydrogens (tertiary/aromatic N) is 3. The monoisotopic (exact) mass is 322 g/mol. The van der Waals surface area contributed by atoms with Gasteiger partial charge >= 0.3 is 0 Å². The third-order valence-electron chi connectivity index (χ3n) is 4.76. The Bertz CT molecular complexity index is 582. The number of likely N-dealkylation sites (N-methyl/N-ethyl adjacent to an activating group) is 1. The summed E-state index contributed by atoms with van der Waals surface area (Å²) in [5.41, 5.74) is 0.450. The molecule has 0 aromatic heterocycles. The van der Waals surface area contributed by atoms with Crippen molar-refractivity contribution in [3.8, 4) is 0 Å². The van der Waals surface area contributed by atoms with Crippen molar-refractivity contribution in [3.05, 3.63) is 20.4 Å². The number of morpholine rings is 1. The van der Waals surface area contributed by atoms with Crippen molar-refractivity contribution in [2.24, 2.45) is 0 Å². The molecule has 0 amide bonds. The fourth-order valence-corrected chi connectivity index (χ4v) is 3.22. The molecule has 128 valence electrons. The largest absolute Gasteiger partial charge is 0.380 e. The molecule has 2 aliphatic heterocycles. The topological polar surface area (TPSA) is 65.1 Å². The Morgan fingerprint density at radius 1 is 1.00 bits per heavy atom. The molecule has 1 aromatic rings. The summed E-state index contributed by atoms with van der Waals surface area (Å²) < 4.78 is 5.33. The van der Waals surface area contributed by atoms with Crippen LogP contribution in [0.5, 0.6) is 0 Å². The Kier molecular flexibility index (Phi) is 5.30. The van der Waals surface area contributed by atoms with Gasteiger partial charge in [-0.05, 0) is 20.0 Å². The van der Waals surface area contributed by atoms with Crippen molar-refractivity contribution < 1.29 is 4.74 Å². The molecule has 3 rings (SSSR count). The average molecular weight is 322 g/mol. The number of anilines is 2. The maximum absolute atomic E-state index is 11.9. The number of hydrogen-bond donors (Lipinski definition) is 1. The van der Waals surface area contributed by atoms with Crippen LogP contribution in [0.2, 0.25) is 0 Å². The van der Waals surface area contributed by atoms with Crippen LogP contribution in [-0.2, 0) is 4.74 Å². The Morgan fingerprint density at radius 3 is 2.39 bits per heavy atom.